The lowest BCUT2D eigenvalue weighted by molar-refractivity contribution is 0.102. The number of aryl methyl sites for hydroxylation is 2. The van der Waals surface area contributed by atoms with Crippen molar-refractivity contribution in [3.8, 4) is 0 Å². The summed E-state index contributed by atoms with van der Waals surface area (Å²) in [5.74, 6) is 0.556. The van der Waals surface area contributed by atoms with Gasteiger partial charge in [-0.15, -0.1) is 0 Å². The van der Waals surface area contributed by atoms with Gasteiger partial charge in [0.05, 0.1) is 5.69 Å². The molecule has 0 bridgehead atoms. The minimum Gasteiger partial charge on any atom is -0.361 e. The molecule has 0 aromatic carbocycles. The maximum Gasteiger partial charge on any atom is 0.262 e. The van der Waals surface area contributed by atoms with Crippen LogP contribution in [0, 0.1) is 13.8 Å². The molecule has 5 nitrogen and oxygen atoms in total. The highest BCUT2D eigenvalue weighted by Crippen LogP contribution is 2.15. The predicted octanol–water partition coefficient (Wildman–Crippen LogP) is 2.59. The molecule has 1 N–H and O–H groups in total. The molecular weight excluding hydrogens is 242 g/mol. The molecule has 88 valence electrons. The Kier molecular flexibility index (Phi) is 3.10. The molecule has 17 heavy (non-hydrogen) atoms. The Labute approximate surface area is 103 Å². The van der Waals surface area contributed by atoms with E-state index in [0.29, 0.717) is 28.0 Å². The van der Waals surface area contributed by atoms with Gasteiger partial charge in [0.25, 0.3) is 5.91 Å². The van der Waals surface area contributed by atoms with Crippen molar-refractivity contribution in [2.75, 3.05) is 5.32 Å². The topological polar surface area (TPSA) is 68.0 Å². The van der Waals surface area contributed by atoms with Gasteiger partial charge in [-0.25, -0.2) is 4.98 Å². The van der Waals surface area contributed by atoms with Crippen LogP contribution in [-0.2, 0) is 0 Å². The van der Waals surface area contributed by atoms with E-state index in [2.05, 4.69) is 15.5 Å². The molecule has 0 aliphatic rings. The summed E-state index contributed by atoms with van der Waals surface area (Å²) >= 11 is 5.72. The van der Waals surface area contributed by atoms with Gasteiger partial charge in [-0.3, -0.25) is 4.79 Å². The molecule has 2 rings (SSSR count). The Morgan fingerprint density at radius 1 is 1.41 bits per heavy atom. The van der Waals surface area contributed by atoms with Gasteiger partial charge in [-0.05, 0) is 26.0 Å². The lowest BCUT2D eigenvalue weighted by atomic mass is 10.2. The van der Waals surface area contributed by atoms with Crippen molar-refractivity contribution in [1.82, 2.24) is 10.1 Å². The molecule has 0 saturated heterocycles. The van der Waals surface area contributed by atoms with Crippen LogP contribution in [0.25, 0.3) is 0 Å². The molecule has 0 aliphatic carbocycles. The van der Waals surface area contributed by atoms with Crippen molar-refractivity contribution in [3.63, 3.8) is 0 Å². The molecule has 0 saturated carbocycles. The molecule has 2 aromatic heterocycles. The number of aromatic nitrogens is 2. The zero-order chi connectivity index (χ0) is 12.4. The standard InChI is InChI=1S/C11H10ClN3O2/c1-6-10(7(2)17-15-6)11(16)14-9-5-3-4-8(12)13-9/h3-5H,1-2H3,(H,13,14,16). The van der Waals surface area contributed by atoms with E-state index in [1.165, 1.54) is 0 Å². The van der Waals surface area contributed by atoms with Crippen molar-refractivity contribution in [1.29, 1.82) is 0 Å². The Morgan fingerprint density at radius 3 is 2.76 bits per heavy atom. The minimum atomic E-state index is -0.309. The van der Waals surface area contributed by atoms with Gasteiger partial charge in [-0.2, -0.15) is 0 Å². The lowest BCUT2D eigenvalue weighted by Crippen LogP contribution is -2.14. The summed E-state index contributed by atoms with van der Waals surface area (Å²) in [6.45, 7) is 3.39. The van der Waals surface area contributed by atoms with Crippen molar-refractivity contribution in [3.05, 3.63) is 40.4 Å². The van der Waals surface area contributed by atoms with Crippen LogP contribution in [0.1, 0.15) is 21.8 Å². The first-order valence-electron chi connectivity index (χ1n) is 4.94. The summed E-state index contributed by atoms with van der Waals surface area (Å²) in [6, 6.07) is 4.99. The Bertz CT molecular complexity index is 546. The van der Waals surface area contributed by atoms with E-state index in [1.807, 2.05) is 0 Å². The molecular formula is C11H10ClN3O2. The lowest BCUT2D eigenvalue weighted by Gasteiger charge is -2.03. The first kappa shape index (κ1) is 11.6. The van der Waals surface area contributed by atoms with Crippen LogP contribution >= 0.6 is 11.6 Å². The molecule has 0 aliphatic heterocycles. The maximum atomic E-state index is 11.9. The summed E-state index contributed by atoms with van der Waals surface area (Å²) in [4.78, 5) is 15.9. The third-order valence-electron chi connectivity index (χ3n) is 2.22. The molecule has 0 spiro atoms. The number of nitrogens with zero attached hydrogens (tertiary/aromatic N) is 2. The summed E-state index contributed by atoms with van der Waals surface area (Å²) in [7, 11) is 0. The van der Waals surface area contributed by atoms with Gasteiger partial charge in [0.2, 0.25) is 0 Å². The number of nitrogens with one attached hydrogen (secondary N) is 1. The number of rotatable bonds is 2. The van der Waals surface area contributed by atoms with Crippen LogP contribution in [0.2, 0.25) is 5.15 Å². The second-order valence-electron chi connectivity index (χ2n) is 3.50. The monoisotopic (exact) mass is 251 g/mol. The fourth-order valence-corrected chi connectivity index (χ4v) is 1.63. The van der Waals surface area contributed by atoms with Crippen LogP contribution < -0.4 is 5.32 Å². The third kappa shape index (κ3) is 2.45. The molecule has 2 aromatic rings. The summed E-state index contributed by atoms with van der Waals surface area (Å²) < 4.78 is 4.92. The van der Waals surface area contributed by atoms with E-state index < -0.39 is 0 Å². The van der Waals surface area contributed by atoms with E-state index >= 15 is 0 Å². The normalized spacial score (nSPS) is 10.3. The number of pyridine rings is 1. The van der Waals surface area contributed by atoms with E-state index in [1.54, 1.807) is 32.0 Å². The SMILES string of the molecule is Cc1noc(C)c1C(=O)Nc1cccc(Cl)n1. The van der Waals surface area contributed by atoms with Gasteiger partial charge in [-0.1, -0.05) is 22.8 Å². The highest BCUT2D eigenvalue weighted by molar-refractivity contribution is 6.29. The van der Waals surface area contributed by atoms with Crippen LogP contribution in [0.15, 0.2) is 22.7 Å². The van der Waals surface area contributed by atoms with Crippen LogP contribution in [0.4, 0.5) is 5.82 Å². The average Bonchev–Trinajstić information content (AvgIpc) is 2.58. The van der Waals surface area contributed by atoms with Crippen LogP contribution in [0.3, 0.4) is 0 Å². The molecule has 0 radical (unpaired) electrons. The van der Waals surface area contributed by atoms with Gasteiger partial charge >= 0.3 is 0 Å². The van der Waals surface area contributed by atoms with E-state index in [4.69, 9.17) is 16.1 Å². The summed E-state index contributed by atoms with van der Waals surface area (Å²) in [5.41, 5.74) is 0.966. The number of carbonyl (C=O) groups is 1. The number of hydrogen-bond acceptors (Lipinski definition) is 4. The van der Waals surface area contributed by atoms with Crippen molar-refractivity contribution >= 4 is 23.3 Å². The first-order valence-corrected chi connectivity index (χ1v) is 5.32. The molecule has 0 atom stereocenters. The Morgan fingerprint density at radius 2 is 2.18 bits per heavy atom. The molecule has 6 heteroatoms. The minimum absolute atomic E-state index is 0.309. The molecule has 1 amide bonds. The van der Waals surface area contributed by atoms with Crippen molar-refractivity contribution in [2.24, 2.45) is 0 Å². The molecule has 0 fully saturated rings. The summed E-state index contributed by atoms with van der Waals surface area (Å²) in [6.07, 6.45) is 0. The zero-order valence-electron chi connectivity index (χ0n) is 9.32. The smallest absolute Gasteiger partial charge is 0.262 e. The second-order valence-corrected chi connectivity index (χ2v) is 3.89. The van der Waals surface area contributed by atoms with Gasteiger partial charge in [0.15, 0.2) is 0 Å². The Hall–Kier alpha value is -1.88. The van der Waals surface area contributed by atoms with Gasteiger partial charge in [0.1, 0.15) is 22.3 Å². The predicted molar refractivity (Wildman–Crippen MR) is 63.2 cm³/mol. The molecule has 2 heterocycles. The number of halogens is 1. The number of hydrogen-bond donors (Lipinski definition) is 1. The average molecular weight is 252 g/mol. The van der Waals surface area contributed by atoms with E-state index in [0.717, 1.165) is 0 Å². The highest BCUT2D eigenvalue weighted by Gasteiger charge is 2.17. The van der Waals surface area contributed by atoms with Crippen molar-refractivity contribution in [2.45, 2.75) is 13.8 Å². The van der Waals surface area contributed by atoms with E-state index in [9.17, 15) is 4.79 Å². The van der Waals surface area contributed by atoms with Gasteiger partial charge < -0.3 is 9.84 Å². The van der Waals surface area contributed by atoms with E-state index in [-0.39, 0.29) is 5.91 Å². The quantitative estimate of drug-likeness (QED) is 0.833. The zero-order valence-corrected chi connectivity index (χ0v) is 10.1. The van der Waals surface area contributed by atoms with Crippen molar-refractivity contribution < 1.29 is 9.32 Å². The summed E-state index contributed by atoms with van der Waals surface area (Å²) in [5, 5.41) is 6.67. The van der Waals surface area contributed by atoms with Crippen LogP contribution in [-0.4, -0.2) is 16.0 Å². The first-order chi connectivity index (χ1) is 8.08. The highest BCUT2D eigenvalue weighted by atomic mass is 35.5. The number of anilines is 1. The molecule has 0 unspecified atom stereocenters. The fourth-order valence-electron chi connectivity index (χ4n) is 1.46. The van der Waals surface area contributed by atoms with Crippen LogP contribution in [0.5, 0.6) is 0 Å². The van der Waals surface area contributed by atoms with Gasteiger partial charge in [0, 0.05) is 0 Å². The second kappa shape index (κ2) is 4.55. The third-order valence-corrected chi connectivity index (χ3v) is 2.43. The fraction of sp³-hybridized carbons (Fsp3) is 0.182. The largest absolute Gasteiger partial charge is 0.361 e. The maximum absolute atomic E-state index is 11.9. The number of amides is 1. The Balaban J connectivity index is 2.23. The number of carbonyl (C=O) groups excluding carboxylic acids is 1.